The van der Waals surface area contributed by atoms with Crippen LogP contribution >= 0.6 is 0 Å². The Balaban J connectivity index is 1.37. The minimum atomic E-state index is -0.439. The fourth-order valence-electron chi connectivity index (χ4n) is 3.49. The minimum Gasteiger partial charge on any atom is -0.490 e. The lowest BCUT2D eigenvalue weighted by molar-refractivity contribution is -0.0853. The molecule has 2 aliphatic carbocycles. The quantitative estimate of drug-likeness (QED) is 0.931. The summed E-state index contributed by atoms with van der Waals surface area (Å²) in [5, 5.41) is 2.95. The van der Waals surface area contributed by atoms with Gasteiger partial charge in [0.25, 0.3) is 0 Å². The van der Waals surface area contributed by atoms with Crippen molar-refractivity contribution in [1.82, 2.24) is 10.3 Å². The Bertz CT molecular complexity index is 525. The lowest BCUT2D eigenvalue weighted by Gasteiger charge is -2.57. The summed E-state index contributed by atoms with van der Waals surface area (Å²) in [4.78, 5) is 15.7. The Morgan fingerprint density at radius 3 is 2.45 bits per heavy atom. The molecule has 1 N–H and O–H groups in total. The van der Waals surface area contributed by atoms with E-state index in [2.05, 4.69) is 10.3 Å². The number of carbonyl (C=O) groups excluding carboxylic acids is 1. The molecular weight excluding hydrogens is 280 g/mol. The summed E-state index contributed by atoms with van der Waals surface area (Å²) < 4.78 is 11.2. The van der Waals surface area contributed by atoms with Crippen molar-refractivity contribution in [3.8, 4) is 5.75 Å². The van der Waals surface area contributed by atoms with Gasteiger partial charge in [0.2, 0.25) is 0 Å². The largest absolute Gasteiger partial charge is 0.490 e. The van der Waals surface area contributed by atoms with E-state index in [-0.39, 0.29) is 12.1 Å². The van der Waals surface area contributed by atoms with Gasteiger partial charge in [0, 0.05) is 18.4 Å². The third kappa shape index (κ3) is 3.51. The molecule has 5 heteroatoms. The first kappa shape index (κ1) is 15.1. The summed E-state index contributed by atoms with van der Waals surface area (Å²) >= 11 is 0. The van der Waals surface area contributed by atoms with Crippen LogP contribution in [0.2, 0.25) is 0 Å². The molecule has 0 aliphatic heterocycles. The Labute approximate surface area is 131 Å². The molecule has 22 heavy (non-hydrogen) atoms. The highest BCUT2D eigenvalue weighted by Crippen LogP contribution is 2.56. The van der Waals surface area contributed by atoms with Gasteiger partial charge < -0.3 is 14.8 Å². The van der Waals surface area contributed by atoms with E-state index in [1.54, 1.807) is 12.4 Å². The van der Waals surface area contributed by atoms with E-state index in [1.807, 2.05) is 32.9 Å². The second-order valence-electron chi connectivity index (χ2n) is 7.58. The smallest absolute Gasteiger partial charge is 0.407 e. The molecule has 3 rings (SSSR count). The Hall–Kier alpha value is -1.78. The Morgan fingerprint density at radius 1 is 1.23 bits per heavy atom. The van der Waals surface area contributed by atoms with Gasteiger partial charge in [0.05, 0.1) is 6.10 Å². The molecule has 1 heterocycles. The van der Waals surface area contributed by atoms with Crippen LogP contribution in [0, 0.1) is 5.41 Å². The molecular formula is C17H24N2O3. The zero-order valence-electron chi connectivity index (χ0n) is 13.5. The number of nitrogens with one attached hydrogen (secondary N) is 1. The number of alkyl carbamates (subject to hydrolysis) is 1. The van der Waals surface area contributed by atoms with E-state index < -0.39 is 5.60 Å². The van der Waals surface area contributed by atoms with Gasteiger partial charge in [-0.2, -0.15) is 0 Å². The Morgan fingerprint density at radius 2 is 1.86 bits per heavy atom. The molecule has 0 unspecified atom stereocenters. The first-order valence-electron chi connectivity index (χ1n) is 7.90. The van der Waals surface area contributed by atoms with Gasteiger partial charge in [-0.25, -0.2) is 4.79 Å². The van der Waals surface area contributed by atoms with Crippen LogP contribution in [0.4, 0.5) is 4.79 Å². The number of ether oxygens (including phenoxy) is 2. The summed E-state index contributed by atoms with van der Waals surface area (Å²) in [7, 11) is 0. The maximum atomic E-state index is 11.7. The molecule has 0 bridgehead atoms. The summed E-state index contributed by atoms with van der Waals surface area (Å²) in [5.41, 5.74) is -0.0666. The van der Waals surface area contributed by atoms with E-state index in [0.29, 0.717) is 11.5 Å². The highest BCUT2D eigenvalue weighted by molar-refractivity contribution is 5.68. The first-order valence-corrected chi connectivity index (χ1v) is 7.90. The van der Waals surface area contributed by atoms with Crippen molar-refractivity contribution >= 4 is 6.09 Å². The molecule has 0 saturated heterocycles. The third-order valence-electron chi connectivity index (χ3n) is 4.35. The average molecular weight is 304 g/mol. The maximum absolute atomic E-state index is 11.7. The predicted molar refractivity (Wildman–Crippen MR) is 82.7 cm³/mol. The topological polar surface area (TPSA) is 60.5 Å². The predicted octanol–water partition coefficient (Wildman–Crippen LogP) is 3.30. The molecule has 0 atom stereocenters. The highest BCUT2D eigenvalue weighted by Gasteiger charge is 2.54. The standard InChI is InChI=1S/C17H24N2O3/c1-16(2,3)22-15(20)19-12-8-17(9-12)10-14(11-17)21-13-4-6-18-7-5-13/h4-7,12,14H,8-11H2,1-3H3,(H,19,20). The van der Waals surface area contributed by atoms with E-state index in [1.165, 1.54) is 0 Å². The van der Waals surface area contributed by atoms with Crippen molar-refractivity contribution in [1.29, 1.82) is 0 Å². The van der Waals surface area contributed by atoms with Crippen LogP contribution in [0.25, 0.3) is 0 Å². The van der Waals surface area contributed by atoms with Crippen LogP contribution in [-0.4, -0.2) is 28.8 Å². The molecule has 2 saturated carbocycles. The van der Waals surface area contributed by atoms with Gasteiger partial charge in [0.15, 0.2) is 0 Å². The number of amides is 1. The molecule has 0 radical (unpaired) electrons. The van der Waals surface area contributed by atoms with Crippen LogP contribution in [0.15, 0.2) is 24.5 Å². The van der Waals surface area contributed by atoms with E-state index >= 15 is 0 Å². The van der Waals surface area contributed by atoms with Crippen LogP contribution in [0.3, 0.4) is 0 Å². The van der Waals surface area contributed by atoms with Crippen LogP contribution in [0.1, 0.15) is 46.5 Å². The number of pyridine rings is 1. The fraction of sp³-hybridized carbons (Fsp3) is 0.647. The average Bonchev–Trinajstić information content (AvgIpc) is 2.32. The summed E-state index contributed by atoms with van der Waals surface area (Å²) in [6, 6.07) is 4.02. The normalized spacial score (nSPS) is 30.1. The monoisotopic (exact) mass is 304 g/mol. The molecule has 120 valence electrons. The maximum Gasteiger partial charge on any atom is 0.407 e. The lowest BCUT2D eigenvalue weighted by Crippen LogP contribution is -2.59. The van der Waals surface area contributed by atoms with Gasteiger partial charge in [0.1, 0.15) is 11.4 Å². The zero-order chi connectivity index (χ0) is 15.8. The van der Waals surface area contributed by atoms with E-state index in [0.717, 1.165) is 31.4 Å². The van der Waals surface area contributed by atoms with Gasteiger partial charge >= 0.3 is 6.09 Å². The van der Waals surface area contributed by atoms with Gasteiger partial charge in [-0.05, 0) is 64.0 Å². The molecule has 5 nitrogen and oxygen atoms in total. The van der Waals surface area contributed by atoms with Crippen molar-refractivity contribution in [3.05, 3.63) is 24.5 Å². The zero-order valence-corrected chi connectivity index (χ0v) is 13.5. The van der Waals surface area contributed by atoms with Gasteiger partial charge in [-0.3, -0.25) is 4.98 Å². The second kappa shape index (κ2) is 5.45. The number of hydrogen-bond acceptors (Lipinski definition) is 4. The molecule has 2 aliphatic rings. The van der Waals surface area contributed by atoms with Crippen LogP contribution in [-0.2, 0) is 4.74 Å². The molecule has 1 aromatic heterocycles. The molecule has 1 spiro atoms. The molecule has 0 aromatic carbocycles. The van der Waals surface area contributed by atoms with E-state index in [9.17, 15) is 4.79 Å². The van der Waals surface area contributed by atoms with Gasteiger partial charge in [-0.15, -0.1) is 0 Å². The van der Waals surface area contributed by atoms with Crippen LogP contribution in [0.5, 0.6) is 5.75 Å². The first-order chi connectivity index (χ1) is 10.3. The number of hydrogen-bond donors (Lipinski definition) is 1. The SMILES string of the molecule is CC(C)(C)OC(=O)NC1CC2(C1)CC(Oc1ccncc1)C2. The van der Waals surface area contributed by atoms with Crippen molar-refractivity contribution in [3.63, 3.8) is 0 Å². The minimum absolute atomic E-state index is 0.247. The van der Waals surface area contributed by atoms with Crippen LogP contribution < -0.4 is 10.1 Å². The Kier molecular flexibility index (Phi) is 3.75. The lowest BCUT2D eigenvalue weighted by atomic mass is 9.53. The number of rotatable bonds is 3. The number of carbonyl (C=O) groups is 1. The highest BCUT2D eigenvalue weighted by atomic mass is 16.6. The third-order valence-corrected chi connectivity index (χ3v) is 4.35. The molecule has 1 amide bonds. The fourth-order valence-corrected chi connectivity index (χ4v) is 3.49. The molecule has 1 aromatic rings. The summed E-state index contributed by atoms with van der Waals surface area (Å²) in [6.45, 7) is 5.63. The number of nitrogens with zero attached hydrogens (tertiary/aromatic N) is 1. The van der Waals surface area contributed by atoms with Crippen molar-refractivity contribution in [2.24, 2.45) is 5.41 Å². The van der Waals surface area contributed by atoms with Crippen molar-refractivity contribution < 1.29 is 14.3 Å². The van der Waals surface area contributed by atoms with Crippen molar-refractivity contribution in [2.45, 2.75) is 64.2 Å². The summed E-state index contributed by atoms with van der Waals surface area (Å²) in [5.74, 6) is 0.887. The van der Waals surface area contributed by atoms with E-state index in [4.69, 9.17) is 9.47 Å². The second-order valence-corrected chi connectivity index (χ2v) is 7.58. The summed E-state index contributed by atoms with van der Waals surface area (Å²) in [6.07, 6.45) is 7.68. The molecule has 2 fully saturated rings. The number of aromatic nitrogens is 1. The van der Waals surface area contributed by atoms with Crippen molar-refractivity contribution in [2.75, 3.05) is 0 Å². The van der Waals surface area contributed by atoms with Gasteiger partial charge in [-0.1, -0.05) is 0 Å².